The van der Waals surface area contributed by atoms with Crippen molar-refractivity contribution in [3.8, 4) is 0 Å². The van der Waals surface area contributed by atoms with Crippen molar-refractivity contribution in [2.75, 3.05) is 7.05 Å². The van der Waals surface area contributed by atoms with Crippen LogP contribution in [-0.4, -0.2) is 28.8 Å². The van der Waals surface area contributed by atoms with E-state index in [9.17, 15) is 4.79 Å². The Morgan fingerprint density at radius 2 is 2.29 bits per heavy atom. The van der Waals surface area contributed by atoms with E-state index < -0.39 is 5.54 Å². The van der Waals surface area contributed by atoms with E-state index >= 15 is 0 Å². The van der Waals surface area contributed by atoms with Crippen LogP contribution in [0.4, 0.5) is 0 Å². The fourth-order valence-corrected chi connectivity index (χ4v) is 2.15. The van der Waals surface area contributed by atoms with Gasteiger partial charge in [-0.15, -0.1) is 0 Å². The van der Waals surface area contributed by atoms with Crippen LogP contribution in [0, 0.1) is 5.41 Å². The van der Waals surface area contributed by atoms with Crippen LogP contribution in [0.5, 0.6) is 0 Å². The Kier molecular flexibility index (Phi) is 2.91. The second kappa shape index (κ2) is 4.10. The van der Waals surface area contributed by atoms with Gasteiger partial charge in [-0.05, 0) is 35.0 Å². The lowest BCUT2D eigenvalue weighted by Gasteiger charge is -2.38. The number of carbonyl (C=O) groups is 1. The normalized spacial score (nSPS) is 24.8. The molecule has 2 rings (SSSR count). The lowest BCUT2D eigenvalue weighted by molar-refractivity contribution is -0.129. The highest BCUT2D eigenvalue weighted by atomic mass is 79.9. The second-order valence-corrected chi connectivity index (χ2v) is 5.09. The quantitative estimate of drug-likeness (QED) is 0.771. The average Bonchev–Trinajstić information content (AvgIpc) is 2.26. The molecular weight excluding hydrogens is 284 g/mol. The maximum Gasteiger partial charge on any atom is 0.231 e. The van der Waals surface area contributed by atoms with Crippen molar-refractivity contribution in [1.82, 2.24) is 15.2 Å². The number of rotatable bonds is 1. The molecule has 0 aromatic carbocycles. The molecule has 0 spiro atoms. The summed E-state index contributed by atoms with van der Waals surface area (Å²) in [5, 5.41) is 10.8. The van der Waals surface area contributed by atoms with E-state index in [0.29, 0.717) is 0 Å². The molecule has 1 saturated heterocycles. The molecule has 1 fully saturated rings. The van der Waals surface area contributed by atoms with Gasteiger partial charge >= 0.3 is 0 Å². The first kappa shape index (κ1) is 12.0. The van der Waals surface area contributed by atoms with Crippen molar-refractivity contribution < 1.29 is 4.79 Å². The van der Waals surface area contributed by atoms with Crippen LogP contribution >= 0.6 is 15.9 Å². The zero-order chi connectivity index (χ0) is 12.6. The Balaban J connectivity index is 2.37. The summed E-state index contributed by atoms with van der Waals surface area (Å²) in [6, 6.07) is 5.55. The van der Waals surface area contributed by atoms with E-state index in [0.717, 1.165) is 10.3 Å². The molecule has 1 aromatic heterocycles. The monoisotopic (exact) mass is 296 g/mol. The minimum atomic E-state index is -0.621. The molecule has 90 valence electrons. The van der Waals surface area contributed by atoms with Crippen LogP contribution in [0.1, 0.15) is 19.0 Å². The molecule has 0 saturated carbocycles. The third kappa shape index (κ3) is 2.17. The molecule has 5 nitrogen and oxygen atoms in total. The van der Waals surface area contributed by atoms with Gasteiger partial charge in [0.25, 0.3) is 0 Å². The molecule has 17 heavy (non-hydrogen) atoms. The van der Waals surface area contributed by atoms with E-state index in [4.69, 9.17) is 5.41 Å². The fourth-order valence-electron chi connectivity index (χ4n) is 1.81. The Hall–Kier alpha value is -1.43. The van der Waals surface area contributed by atoms with E-state index in [1.165, 1.54) is 4.90 Å². The third-order valence-electron chi connectivity index (χ3n) is 2.89. The van der Waals surface area contributed by atoms with Gasteiger partial charge in [0.2, 0.25) is 5.91 Å². The molecule has 1 atom stereocenters. The number of halogens is 1. The van der Waals surface area contributed by atoms with Gasteiger partial charge < -0.3 is 5.32 Å². The summed E-state index contributed by atoms with van der Waals surface area (Å²) in [5.74, 6) is 0.0172. The smallest absolute Gasteiger partial charge is 0.231 e. The van der Waals surface area contributed by atoms with Crippen molar-refractivity contribution >= 4 is 27.8 Å². The van der Waals surface area contributed by atoms with E-state index in [2.05, 4.69) is 26.2 Å². The van der Waals surface area contributed by atoms with Crippen LogP contribution in [0.2, 0.25) is 0 Å². The van der Waals surface area contributed by atoms with E-state index in [1.807, 2.05) is 25.1 Å². The molecule has 6 heteroatoms. The van der Waals surface area contributed by atoms with Crippen molar-refractivity contribution in [3.63, 3.8) is 0 Å². The average molecular weight is 297 g/mol. The number of hydrogen-bond donors (Lipinski definition) is 2. The van der Waals surface area contributed by atoms with Crippen LogP contribution < -0.4 is 5.32 Å². The van der Waals surface area contributed by atoms with Gasteiger partial charge in [0.05, 0.1) is 17.7 Å². The topological polar surface area (TPSA) is 69.1 Å². The summed E-state index contributed by atoms with van der Waals surface area (Å²) in [4.78, 5) is 17.4. The van der Waals surface area contributed by atoms with Crippen molar-refractivity contribution in [2.24, 2.45) is 0 Å². The largest absolute Gasteiger partial charge is 0.345 e. The zero-order valence-electron chi connectivity index (χ0n) is 9.62. The Morgan fingerprint density at radius 1 is 1.59 bits per heavy atom. The summed E-state index contributed by atoms with van der Waals surface area (Å²) in [6.07, 6.45) is 0.287. The summed E-state index contributed by atoms with van der Waals surface area (Å²) in [6.45, 7) is 1.88. The molecule has 1 aliphatic rings. The Labute approximate surface area is 108 Å². The van der Waals surface area contributed by atoms with Crippen molar-refractivity contribution in [3.05, 3.63) is 28.5 Å². The molecule has 2 heterocycles. The predicted octanol–water partition coefficient (Wildman–Crippen LogP) is 1.45. The highest BCUT2D eigenvalue weighted by Crippen LogP contribution is 2.27. The van der Waals surface area contributed by atoms with Gasteiger partial charge in [0, 0.05) is 7.05 Å². The number of carbonyl (C=O) groups excluding carboxylic acids is 1. The van der Waals surface area contributed by atoms with Crippen LogP contribution in [0.3, 0.4) is 0 Å². The second-order valence-electron chi connectivity index (χ2n) is 4.28. The first-order valence-corrected chi connectivity index (χ1v) is 5.98. The van der Waals surface area contributed by atoms with Crippen LogP contribution in [-0.2, 0) is 10.3 Å². The summed E-state index contributed by atoms with van der Waals surface area (Å²) in [5.41, 5.74) is 0.128. The first-order chi connectivity index (χ1) is 7.92. The predicted molar refractivity (Wildman–Crippen MR) is 67.5 cm³/mol. The molecule has 0 aliphatic carbocycles. The summed E-state index contributed by atoms with van der Waals surface area (Å²) in [7, 11) is 1.59. The lowest BCUT2D eigenvalue weighted by atomic mass is 9.90. The highest BCUT2D eigenvalue weighted by molar-refractivity contribution is 9.10. The van der Waals surface area contributed by atoms with Crippen molar-refractivity contribution in [2.45, 2.75) is 18.9 Å². The van der Waals surface area contributed by atoms with Crippen LogP contribution in [0.15, 0.2) is 22.8 Å². The number of pyridine rings is 1. The number of hydrogen-bond acceptors (Lipinski definition) is 3. The van der Waals surface area contributed by atoms with Gasteiger partial charge in [-0.25, -0.2) is 4.98 Å². The number of nitrogens with one attached hydrogen (secondary N) is 2. The van der Waals surface area contributed by atoms with Crippen molar-refractivity contribution in [1.29, 1.82) is 5.41 Å². The zero-order valence-corrected chi connectivity index (χ0v) is 11.2. The molecule has 1 aliphatic heterocycles. The number of nitrogens with zero attached hydrogens (tertiary/aromatic N) is 2. The maximum atomic E-state index is 11.8. The van der Waals surface area contributed by atoms with Gasteiger partial charge in [-0.3, -0.25) is 15.1 Å². The maximum absolute atomic E-state index is 11.8. The molecule has 1 amide bonds. The molecule has 0 bridgehead atoms. The Bertz CT molecular complexity index is 470. The summed E-state index contributed by atoms with van der Waals surface area (Å²) < 4.78 is 0.718. The number of guanidine groups is 1. The summed E-state index contributed by atoms with van der Waals surface area (Å²) >= 11 is 3.31. The SMILES string of the molecule is CN1C(=N)N[C@](C)(c2cccc(Br)n2)CC1=O. The van der Waals surface area contributed by atoms with Gasteiger partial charge in [-0.2, -0.15) is 0 Å². The first-order valence-electron chi connectivity index (χ1n) is 5.19. The van der Waals surface area contributed by atoms with E-state index in [-0.39, 0.29) is 18.3 Å². The highest BCUT2D eigenvalue weighted by Gasteiger charge is 2.38. The van der Waals surface area contributed by atoms with Crippen LogP contribution in [0.25, 0.3) is 0 Å². The number of aromatic nitrogens is 1. The Morgan fingerprint density at radius 3 is 2.88 bits per heavy atom. The minimum Gasteiger partial charge on any atom is -0.345 e. The van der Waals surface area contributed by atoms with Gasteiger partial charge in [-0.1, -0.05) is 6.07 Å². The standard InChI is InChI=1S/C11H13BrN4O/c1-11(7-4-3-5-8(12)14-7)6-9(17)16(2)10(13)15-11/h3-5H,6H2,1-2H3,(H2,13,15)/t11-/m0/s1. The molecule has 2 N–H and O–H groups in total. The minimum absolute atomic E-state index is 0.0852. The molecule has 0 unspecified atom stereocenters. The fraction of sp³-hybridized carbons (Fsp3) is 0.364. The lowest BCUT2D eigenvalue weighted by Crippen LogP contribution is -2.58. The van der Waals surface area contributed by atoms with Gasteiger partial charge in [0.15, 0.2) is 5.96 Å². The van der Waals surface area contributed by atoms with E-state index in [1.54, 1.807) is 7.05 Å². The third-order valence-corrected chi connectivity index (χ3v) is 3.33. The molecule has 1 aromatic rings. The molecular formula is C11H13BrN4O. The molecule has 0 radical (unpaired) electrons. The van der Waals surface area contributed by atoms with Gasteiger partial charge in [0.1, 0.15) is 4.60 Å². The number of amides is 1.